The average molecular weight is 275 g/mol. The summed E-state index contributed by atoms with van der Waals surface area (Å²) in [5, 5.41) is 2.89. The molecule has 1 aliphatic rings. The molecule has 3 N–H and O–H groups in total. The van der Waals surface area contributed by atoms with Gasteiger partial charge in [0.1, 0.15) is 0 Å². The van der Waals surface area contributed by atoms with E-state index in [1.807, 2.05) is 32.2 Å². The summed E-state index contributed by atoms with van der Waals surface area (Å²) in [6.07, 6.45) is 5.28. The van der Waals surface area contributed by atoms with Gasteiger partial charge in [-0.2, -0.15) is 0 Å². The molecule has 0 heterocycles. The van der Waals surface area contributed by atoms with Crippen LogP contribution in [0.3, 0.4) is 0 Å². The number of amides is 1. The highest BCUT2D eigenvalue weighted by molar-refractivity contribution is 5.95. The Labute approximate surface area is 121 Å². The predicted octanol–water partition coefficient (Wildman–Crippen LogP) is 2.64. The number of nitrogen functional groups attached to an aromatic ring is 1. The quantitative estimate of drug-likeness (QED) is 0.812. The number of nitrogens with zero attached hydrogens (tertiary/aromatic N) is 1. The van der Waals surface area contributed by atoms with E-state index in [4.69, 9.17) is 5.73 Å². The van der Waals surface area contributed by atoms with E-state index in [1.54, 1.807) is 0 Å². The van der Waals surface area contributed by atoms with E-state index in [9.17, 15) is 4.79 Å². The van der Waals surface area contributed by atoms with Crippen LogP contribution < -0.4 is 11.1 Å². The lowest BCUT2D eigenvalue weighted by Crippen LogP contribution is -2.33. The number of rotatable bonds is 5. The van der Waals surface area contributed by atoms with Gasteiger partial charge in [0.15, 0.2) is 0 Å². The van der Waals surface area contributed by atoms with E-state index in [2.05, 4.69) is 10.2 Å². The van der Waals surface area contributed by atoms with Gasteiger partial charge in [0.2, 0.25) is 5.91 Å². The predicted molar refractivity (Wildman–Crippen MR) is 83.7 cm³/mol. The number of nitrogens with two attached hydrogens (primary N) is 1. The van der Waals surface area contributed by atoms with Gasteiger partial charge in [-0.15, -0.1) is 0 Å². The van der Waals surface area contributed by atoms with Crippen LogP contribution in [-0.4, -0.2) is 30.9 Å². The molecule has 1 aliphatic carbocycles. The number of anilines is 2. The fraction of sp³-hybridized carbons (Fsp3) is 0.562. The van der Waals surface area contributed by atoms with E-state index in [0.717, 1.165) is 18.0 Å². The number of hydrogen-bond donors (Lipinski definition) is 2. The van der Waals surface area contributed by atoms with Crippen LogP contribution in [0.2, 0.25) is 0 Å². The zero-order chi connectivity index (χ0) is 14.5. The minimum absolute atomic E-state index is 0.000972. The van der Waals surface area contributed by atoms with Gasteiger partial charge in [-0.1, -0.05) is 18.9 Å². The molecule has 0 bridgehead atoms. The van der Waals surface area contributed by atoms with Gasteiger partial charge >= 0.3 is 0 Å². The third kappa shape index (κ3) is 4.23. The number of carbonyl (C=O) groups is 1. The lowest BCUT2D eigenvalue weighted by molar-refractivity contribution is -0.117. The Hall–Kier alpha value is -1.55. The van der Waals surface area contributed by atoms with Crippen molar-refractivity contribution in [2.75, 3.05) is 31.2 Å². The molecule has 0 atom stereocenters. The Morgan fingerprint density at radius 1 is 1.40 bits per heavy atom. The number of carbonyl (C=O) groups excluding carboxylic acids is 1. The molecule has 0 radical (unpaired) electrons. The summed E-state index contributed by atoms with van der Waals surface area (Å²) in [5.74, 6) is 0.762. The van der Waals surface area contributed by atoms with Crippen LogP contribution in [0.1, 0.15) is 31.2 Å². The summed E-state index contributed by atoms with van der Waals surface area (Å²) < 4.78 is 0. The number of benzene rings is 1. The van der Waals surface area contributed by atoms with Crippen LogP contribution in [0.4, 0.5) is 11.4 Å². The van der Waals surface area contributed by atoms with Gasteiger partial charge in [-0.05, 0) is 50.4 Å². The Balaban J connectivity index is 1.82. The highest BCUT2D eigenvalue weighted by Gasteiger charge is 2.18. The number of likely N-dealkylation sites (N-methyl/N-ethyl adjacent to an activating group) is 1. The van der Waals surface area contributed by atoms with Gasteiger partial charge in [0, 0.05) is 6.54 Å². The molecule has 1 fully saturated rings. The zero-order valence-electron chi connectivity index (χ0n) is 12.5. The molecule has 4 nitrogen and oxygen atoms in total. The van der Waals surface area contributed by atoms with Crippen molar-refractivity contribution >= 4 is 17.3 Å². The molecule has 110 valence electrons. The Morgan fingerprint density at radius 2 is 2.10 bits per heavy atom. The highest BCUT2D eigenvalue weighted by Crippen LogP contribution is 2.25. The number of hydrogen-bond acceptors (Lipinski definition) is 3. The van der Waals surface area contributed by atoms with Crippen molar-refractivity contribution in [1.29, 1.82) is 0 Å². The van der Waals surface area contributed by atoms with Crippen LogP contribution in [0, 0.1) is 12.8 Å². The monoisotopic (exact) mass is 275 g/mol. The molecule has 1 saturated carbocycles. The summed E-state index contributed by atoms with van der Waals surface area (Å²) in [4.78, 5) is 14.1. The second kappa shape index (κ2) is 6.75. The summed E-state index contributed by atoms with van der Waals surface area (Å²) in [6.45, 7) is 3.41. The van der Waals surface area contributed by atoms with Gasteiger partial charge in [0.25, 0.3) is 0 Å². The summed E-state index contributed by atoms with van der Waals surface area (Å²) in [6, 6.07) is 5.69. The summed E-state index contributed by atoms with van der Waals surface area (Å²) in [7, 11) is 2.01. The second-order valence-corrected chi connectivity index (χ2v) is 5.99. The molecule has 0 saturated heterocycles. The molecular weight excluding hydrogens is 250 g/mol. The third-order valence-corrected chi connectivity index (χ3v) is 3.94. The number of nitrogens with one attached hydrogen (secondary N) is 1. The minimum atomic E-state index is 0.000972. The van der Waals surface area contributed by atoms with Gasteiger partial charge in [-0.25, -0.2) is 0 Å². The topological polar surface area (TPSA) is 58.4 Å². The maximum absolute atomic E-state index is 12.0. The van der Waals surface area contributed by atoms with Crippen LogP contribution in [0.15, 0.2) is 18.2 Å². The first-order valence-corrected chi connectivity index (χ1v) is 7.39. The molecule has 1 aromatic rings. The summed E-state index contributed by atoms with van der Waals surface area (Å²) >= 11 is 0. The largest absolute Gasteiger partial charge is 0.397 e. The molecule has 2 rings (SSSR count). The van der Waals surface area contributed by atoms with E-state index in [1.165, 1.54) is 25.7 Å². The molecule has 1 amide bonds. The first-order valence-electron chi connectivity index (χ1n) is 7.39. The minimum Gasteiger partial charge on any atom is -0.397 e. The molecular formula is C16H25N3O. The molecule has 4 heteroatoms. The second-order valence-electron chi connectivity index (χ2n) is 5.99. The van der Waals surface area contributed by atoms with Crippen LogP contribution in [-0.2, 0) is 4.79 Å². The van der Waals surface area contributed by atoms with E-state index in [0.29, 0.717) is 17.9 Å². The molecule has 0 spiro atoms. The fourth-order valence-corrected chi connectivity index (χ4v) is 2.93. The van der Waals surface area contributed by atoms with Crippen molar-refractivity contribution in [3.05, 3.63) is 23.8 Å². The highest BCUT2D eigenvalue weighted by atomic mass is 16.2. The van der Waals surface area contributed by atoms with Crippen LogP contribution >= 0.6 is 0 Å². The molecule has 0 unspecified atom stereocenters. The van der Waals surface area contributed by atoms with Crippen molar-refractivity contribution < 1.29 is 4.79 Å². The van der Waals surface area contributed by atoms with E-state index >= 15 is 0 Å². The molecule has 1 aromatic carbocycles. The normalized spacial score (nSPS) is 15.8. The third-order valence-electron chi connectivity index (χ3n) is 3.94. The Morgan fingerprint density at radius 3 is 2.75 bits per heavy atom. The van der Waals surface area contributed by atoms with Crippen molar-refractivity contribution in [2.24, 2.45) is 5.92 Å². The lowest BCUT2D eigenvalue weighted by atomic mass is 10.1. The maximum atomic E-state index is 12.0. The SMILES string of the molecule is Cc1ccc(NC(=O)CN(C)CC2CCCC2)c(N)c1. The Bertz CT molecular complexity index is 467. The average Bonchev–Trinajstić information content (AvgIpc) is 2.85. The Kier molecular flexibility index (Phi) is 5.01. The van der Waals surface area contributed by atoms with Crippen LogP contribution in [0.5, 0.6) is 0 Å². The smallest absolute Gasteiger partial charge is 0.238 e. The van der Waals surface area contributed by atoms with Crippen molar-refractivity contribution in [2.45, 2.75) is 32.6 Å². The first kappa shape index (κ1) is 14.9. The number of aryl methyl sites for hydroxylation is 1. The van der Waals surface area contributed by atoms with E-state index < -0.39 is 0 Å². The lowest BCUT2D eigenvalue weighted by Gasteiger charge is -2.20. The molecule has 20 heavy (non-hydrogen) atoms. The van der Waals surface area contributed by atoms with Crippen LogP contribution in [0.25, 0.3) is 0 Å². The van der Waals surface area contributed by atoms with Gasteiger partial charge < -0.3 is 11.1 Å². The first-order chi connectivity index (χ1) is 9.54. The van der Waals surface area contributed by atoms with Crippen molar-refractivity contribution in [3.63, 3.8) is 0 Å². The standard InChI is InChI=1S/C16H25N3O/c1-12-7-8-15(14(17)9-12)18-16(20)11-19(2)10-13-5-3-4-6-13/h7-9,13H,3-6,10-11,17H2,1-2H3,(H,18,20). The van der Waals surface area contributed by atoms with Crippen molar-refractivity contribution in [3.8, 4) is 0 Å². The van der Waals surface area contributed by atoms with Crippen molar-refractivity contribution in [1.82, 2.24) is 4.90 Å². The summed E-state index contributed by atoms with van der Waals surface area (Å²) in [5.41, 5.74) is 8.33. The molecule has 0 aromatic heterocycles. The zero-order valence-corrected chi connectivity index (χ0v) is 12.5. The van der Waals surface area contributed by atoms with Gasteiger partial charge in [0.05, 0.1) is 17.9 Å². The fourth-order valence-electron chi connectivity index (χ4n) is 2.93. The van der Waals surface area contributed by atoms with Gasteiger partial charge in [-0.3, -0.25) is 9.69 Å². The maximum Gasteiger partial charge on any atom is 0.238 e. The van der Waals surface area contributed by atoms with E-state index in [-0.39, 0.29) is 5.91 Å². The molecule has 0 aliphatic heterocycles.